The molecule has 1 aliphatic carbocycles. The van der Waals surface area contributed by atoms with Crippen molar-refractivity contribution >= 4 is 5.97 Å². The first-order chi connectivity index (χ1) is 17.7. The fourth-order valence-electron chi connectivity index (χ4n) is 4.82. The third kappa shape index (κ3) is 5.64. The fraction of sp³-hybridized carbons (Fsp3) is 0.345. The van der Waals surface area contributed by atoms with E-state index in [1.807, 2.05) is 0 Å². The van der Waals surface area contributed by atoms with E-state index in [0.29, 0.717) is 24.0 Å². The number of halogens is 4. The van der Waals surface area contributed by atoms with Gasteiger partial charge in [0.2, 0.25) is 11.6 Å². The Morgan fingerprint density at radius 2 is 1.49 bits per heavy atom. The Bertz CT molecular complexity index is 1270. The predicted molar refractivity (Wildman–Crippen MR) is 131 cm³/mol. The lowest BCUT2D eigenvalue weighted by molar-refractivity contribution is 0.0726. The number of esters is 1. The molecule has 0 radical (unpaired) electrons. The number of rotatable bonds is 7. The van der Waals surface area contributed by atoms with E-state index in [-0.39, 0.29) is 35.3 Å². The summed E-state index contributed by atoms with van der Waals surface area (Å²) in [5.74, 6) is -6.25. The largest absolute Gasteiger partial charge is 0.491 e. The Morgan fingerprint density at radius 3 is 2.11 bits per heavy atom. The molecule has 0 aromatic heterocycles. The van der Waals surface area contributed by atoms with E-state index in [1.54, 1.807) is 19.9 Å². The molecule has 3 aromatic rings. The van der Waals surface area contributed by atoms with Gasteiger partial charge in [0.25, 0.3) is 0 Å². The molecule has 196 valence electrons. The van der Waals surface area contributed by atoms with Crippen molar-refractivity contribution in [1.29, 1.82) is 0 Å². The van der Waals surface area contributed by atoms with Gasteiger partial charge in [0, 0.05) is 5.56 Å². The molecule has 1 unspecified atom stereocenters. The number of carbonyl (C=O) groups is 1. The molecule has 3 aromatic carbocycles. The summed E-state index contributed by atoms with van der Waals surface area (Å²) in [6.07, 6.45) is 2.47. The first-order valence-corrected chi connectivity index (χ1v) is 12.3. The maximum Gasteiger partial charge on any atom is 0.343 e. The average molecular weight is 517 g/mol. The number of benzene rings is 3. The van der Waals surface area contributed by atoms with Crippen LogP contribution in [0, 0.1) is 29.2 Å². The zero-order chi connectivity index (χ0) is 26.7. The van der Waals surface area contributed by atoms with Gasteiger partial charge in [-0.05, 0) is 86.8 Å². The molecule has 0 heterocycles. The van der Waals surface area contributed by atoms with Gasteiger partial charge in [-0.2, -0.15) is 8.78 Å². The molecule has 0 saturated heterocycles. The van der Waals surface area contributed by atoms with Crippen LogP contribution in [0.2, 0.25) is 0 Å². The molecular formula is C29H28F4O4. The smallest absolute Gasteiger partial charge is 0.343 e. The molecule has 0 aliphatic heterocycles. The Labute approximate surface area is 212 Å². The molecule has 37 heavy (non-hydrogen) atoms. The molecule has 1 atom stereocenters. The molecule has 1 N–H and O–H groups in total. The molecule has 0 spiro atoms. The van der Waals surface area contributed by atoms with Gasteiger partial charge in [0.15, 0.2) is 23.1 Å². The highest BCUT2D eigenvalue weighted by Gasteiger charge is 2.28. The van der Waals surface area contributed by atoms with E-state index in [2.05, 4.69) is 0 Å². The Hall–Kier alpha value is -3.39. The van der Waals surface area contributed by atoms with Crippen molar-refractivity contribution in [3.05, 3.63) is 82.9 Å². The van der Waals surface area contributed by atoms with Crippen molar-refractivity contribution < 1.29 is 36.9 Å². The summed E-state index contributed by atoms with van der Waals surface area (Å²) in [5.41, 5.74) is 0.731. The Morgan fingerprint density at radius 1 is 0.865 bits per heavy atom. The maximum atomic E-state index is 15.0. The van der Waals surface area contributed by atoms with E-state index in [1.165, 1.54) is 30.3 Å². The van der Waals surface area contributed by atoms with Crippen LogP contribution >= 0.6 is 0 Å². The molecular weight excluding hydrogens is 488 g/mol. The van der Waals surface area contributed by atoms with Gasteiger partial charge in [0.1, 0.15) is 0 Å². The van der Waals surface area contributed by atoms with Crippen molar-refractivity contribution in [2.45, 2.75) is 51.6 Å². The SMILES string of the molecule is CCOc1ccc(OC(=O)c2ccc(-c3ccc(C4CCC(C(C)O)CC4)c(F)c3F)cc2)c(F)c1F. The summed E-state index contributed by atoms with van der Waals surface area (Å²) >= 11 is 0. The van der Waals surface area contributed by atoms with Gasteiger partial charge in [-0.15, -0.1) is 0 Å². The highest BCUT2D eigenvalue weighted by molar-refractivity contribution is 5.91. The standard InChI is InChI=1S/C29H28F4O4/c1-3-36-23-14-15-24(28(33)27(23)32)37-29(35)20-10-8-19(9-11-20)22-13-12-21(25(30)26(22)31)18-6-4-17(5-7-18)16(2)34/h8-18,34H,3-7H2,1-2H3. The zero-order valence-electron chi connectivity index (χ0n) is 20.6. The normalized spacial score (nSPS) is 18.4. The van der Waals surface area contributed by atoms with Crippen LogP contribution in [-0.2, 0) is 0 Å². The monoisotopic (exact) mass is 516 g/mol. The molecule has 4 nitrogen and oxygen atoms in total. The number of aliphatic hydroxyl groups excluding tert-OH is 1. The summed E-state index contributed by atoms with van der Waals surface area (Å²) in [6.45, 7) is 3.51. The lowest BCUT2D eigenvalue weighted by Crippen LogP contribution is -2.23. The molecule has 8 heteroatoms. The third-order valence-electron chi connectivity index (χ3n) is 6.95. The zero-order valence-corrected chi connectivity index (χ0v) is 20.6. The van der Waals surface area contributed by atoms with Crippen LogP contribution in [0.4, 0.5) is 17.6 Å². The summed E-state index contributed by atoms with van der Waals surface area (Å²) in [4.78, 5) is 12.4. The first kappa shape index (κ1) is 26.7. The molecule has 1 aliphatic rings. The van der Waals surface area contributed by atoms with E-state index in [4.69, 9.17) is 9.47 Å². The highest BCUT2D eigenvalue weighted by Crippen LogP contribution is 2.40. The highest BCUT2D eigenvalue weighted by atomic mass is 19.2. The predicted octanol–water partition coefficient (Wildman–Crippen LogP) is 7.18. The van der Waals surface area contributed by atoms with Crippen molar-refractivity contribution in [1.82, 2.24) is 0 Å². The molecule has 0 amide bonds. The minimum absolute atomic E-state index is 0.0183. The Balaban J connectivity index is 1.48. The molecule has 1 fully saturated rings. The second kappa shape index (κ2) is 11.3. The van der Waals surface area contributed by atoms with Crippen LogP contribution in [0.5, 0.6) is 11.5 Å². The van der Waals surface area contributed by atoms with Crippen LogP contribution in [0.3, 0.4) is 0 Å². The molecule has 0 bridgehead atoms. The van der Waals surface area contributed by atoms with Gasteiger partial charge < -0.3 is 14.6 Å². The van der Waals surface area contributed by atoms with Crippen molar-refractivity contribution in [3.63, 3.8) is 0 Å². The number of hydrogen-bond donors (Lipinski definition) is 1. The van der Waals surface area contributed by atoms with Crippen LogP contribution in [0.25, 0.3) is 11.1 Å². The van der Waals surface area contributed by atoms with Crippen LogP contribution < -0.4 is 9.47 Å². The summed E-state index contributed by atoms with van der Waals surface area (Å²) in [7, 11) is 0. The van der Waals surface area contributed by atoms with Gasteiger partial charge in [0.05, 0.1) is 18.3 Å². The van der Waals surface area contributed by atoms with E-state index >= 15 is 8.78 Å². The Kier molecular flexibility index (Phi) is 8.17. The number of aliphatic hydroxyl groups is 1. The van der Waals surface area contributed by atoms with Gasteiger partial charge in [-0.25, -0.2) is 13.6 Å². The number of ether oxygens (including phenoxy) is 2. The summed E-state index contributed by atoms with van der Waals surface area (Å²) in [6, 6.07) is 10.9. The van der Waals surface area contributed by atoms with Crippen LogP contribution in [-0.4, -0.2) is 23.8 Å². The van der Waals surface area contributed by atoms with Crippen molar-refractivity contribution in [3.8, 4) is 22.6 Å². The minimum atomic E-state index is -1.35. The van der Waals surface area contributed by atoms with Crippen LogP contribution in [0.15, 0.2) is 48.5 Å². The van der Waals surface area contributed by atoms with Crippen molar-refractivity contribution in [2.24, 2.45) is 5.92 Å². The molecule has 1 saturated carbocycles. The van der Waals surface area contributed by atoms with Crippen molar-refractivity contribution in [2.75, 3.05) is 6.61 Å². The fourth-order valence-corrected chi connectivity index (χ4v) is 4.82. The topological polar surface area (TPSA) is 55.8 Å². The van der Waals surface area contributed by atoms with Gasteiger partial charge in [-0.1, -0.05) is 24.3 Å². The maximum absolute atomic E-state index is 15.0. The lowest BCUT2D eigenvalue weighted by Gasteiger charge is -2.30. The van der Waals surface area contributed by atoms with E-state index in [9.17, 15) is 18.7 Å². The number of carbonyl (C=O) groups excluding carboxylic acids is 1. The summed E-state index contributed by atoms with van der Waals surface area (Å²) < 4.78 is 68.3. The average Bonchev–Trinajstić information content (AvgIpc) is 2.90. The van der Waals surface area contributed by atoms with E-state index in [0.717, 1.165) is 25.0 Å². The summed E-state index contributed by atoms with van der Waals surface area (Å²) in [5, 5.41) is 9.77. The second-order valence-electron chi connectivity index (χ2n) is 9.27. The number of hydrogen-bond acceptors (Lipinski definition) is 4. The minimum Gasteiger partial charge on any atom is -0.491 e. The van der Waals surface area contributed by atoms with Gasteiger partial charge >= 0.3 is 5.97 Å². The third-order valence-corrected chi connectivity index (χ3v) is 6.95. The van der Waals surface area contributed by atoms with Gasteiger partial charge in [-0.3, -0.25) is 0 Å². The lowest BCUT2D eigenvalue weighted by atomic mass is 9.76. The second-order valence-corrected chi connectivity index (χ2v) is 9.27. The van der Waals surface area contributed by atoms with Crippen LogP contribution in [0.1, 0.15) is 61.4 Å². The first-order valence-electron chi connectivity index (χ1n) is 12.3. The van der Waals surface area contributed by atoms with E-state index < -0.39 is 41.1 Å². The quantitative estimate of drug-likeness (QED) is 0.205. The molecule has 4 rings (SSSR count).